The highest BCUT2D eigenvalue weighted by atomic mass is 35.5. The fourth-order valence-electron chi connectivity index (χ4n) is 1.73. The lowest BCUT2D eigenvalue weighted by molar-refractivity contribution is 0.108. The number of nitrogens with one attached hydrogen (secondary N) is 1. The fraction of sp³-hybridized carbons (Fsp3) is 0.571. The molecule has 0 fully saturated rings. The van der Waals surface area contributed by atoms with Gasteiger partial charge in [-0.3, -0.25) is 0 Å². The monoisotopic (exact) mass is 270 g/mol. The van der Waals surface area contributed by atoms with Crippen molar-refractivity contribution < 1.29 is 4.74 Å². The van der Waals surface area contributed by atoms with E-state index >= 15 is 0 Å². The first-order chi connectivity index (χ1) is 8.49. The molecule has 0 aromatic heterocycles. The molecule has 0 aliphatic heterocycles. The van der Waals surface area contributed by atoms with E-state index in [1.807, 2.05) is 31.2 Å². The summed E-state index contributed by atoms with van der Waals surface area (Å²) in [6.07, 6.45) is 1.05. The molecule has 4 heteroatoms. The first-order valence-corrected chi connectivity index (χ1v) is 6.59. The normalized spacial score (nSPS) is 16.3. The van der Waals surface area contributed by atoms with Gasteiger partial charge in [0.25, 0.3) is 0 Å². The van der Waals surface area contributed by atoms with E-state index in [0.717, 1.165) is 18.0 Å². The molecule has 3 N–H and O–H groups in total. The van der Waals surface area contributed by atoms with Gasteiger partial charge in [-0.1, -0.05) is 23.7 Å². The third-order valence-electron chi connectivity index (χ3n) is 3.18. The standard InChI is InChI=1S/C14H23ClN2O/c1-11(18-3)9-17-14(2,10-16)8-12-4-6-13(15)7-5-12/h4-7,11,17H,8-10,16H2,1-3H3. The van der Waals surface area contributed by atoms with Gasteiger partial charge in [0.2, 0.25) is 0 Å². The smallest absolute Gasteiger partial charge is 0.0667 e. The van der Waals surface area contributed by atoms with Crippen molar-refractivity contribution in [3.8, 4) is 0 Å². The molecule has 0 saturated carbocycles. The van der Waals surface area contributed by atoms with Gasteiger partial charge in [-0.05, 0) is 38.0 Å². The van der Waals surface area contributed by atoms with E-state index in [1.165, 1.54) is 5.56 Å². The Bertz CT molecular complexity index is 355. The average molecular weight is 271 g/mol. The molecule has 102 valence electrons. The molecule has 0 radical (unpaired) electrons. The van der Waals surface area contributed by atoms with Crippen molar-refractivity contribution in [1.82, 2.24) is 5.32 Å². The lowest BCUT2D eigenvalue weighted by atomic mass is 9.92. The number of halogens is 1. The molecule has 18 heavy (non-hydrogen) atoms. The Balaban J connectivity index is 2.61. The van der Waals surface area contributed by atoms with Gasteiger partial charge in [0, 0.05) is 30.8 Å². The molecule has 0 aliphatic carbocycles. The largest absolute Gasteiger partial charge is 0.380 e. The number of benzene rings is 1. The molecule has 0 aliphatic rings. The second-order valence-corrected chi connectivity index (χ2v) is 5.43. The maximum Gasteiger partial charge on any atom is 0.0667 e. The molecular weight excluding hydrogens is 248 g/mol. The fourth-order valence-corrected chi connectivity index (χ4v) is 1.86. The summed E-state index contributed by atoms with van der Waals surface area (Å²) in [5.74, 6) is 0. The molecule has 0 spiro atoms. The molecule has 3 nitrogen and oxygen atoms in total. The highest BCUT2D eigenvalue weighted by molar-refractivity contribution is 6.30. The maximum absolute atomic E-state index is 5.88. The van der Waals surface area contributed by atoms with E-state index < -0.39 is 0 Å². The molecule has 0 amide bonds. The Kier molecular flexibility index (Phi) is 6.09. The summed E-state index contributed by atoms with van der Waals surface area (Å²) < 4.78 is 5.24. The molecule has 1 aromatic rings. The summed E-state index contributed by atoms with van der Waals surface area (Å²) in [4.78, 5) is 0. The van der Waals surface area contributed by atoms with Crippen molar-refractivity contribution in [2.45, 2.75) is 31.9 Å². The number of methoxy groups -OCH3 is 1. The topological polar surface area (TPSA) is 47.3 Å². The molecule has 0 heterocycles. The van der Waals surface area contributed by atoms with E-state index in [9.17, 15) is 0 Å². The van der Waals surface area contributed by atoms with Crippen molar-refractivity contribution in [1.29, 1.82) is 0 Å². The van der Waals surface area contributed by atoms with Crippen LogP contribution >= 0.6 is 11.6 Å². The van der Waals surface area contributed by atoms with Crippen LogP contribution in [0.2, 0.25) is 5.02 Å². The van der Waals surface area contributed by atoms with Gasteiger partial charge in [-0.2, -0.15) is 0 Å². The molecule has 0 bridgehead atoms. The summed E-state index contributed by atoms with van der Waals surface area (Å²) in [5, 5.41) is 4.24. The summed E-state index contributed by atoms with van der Waals surface area (Å²) in [6, 6.07) is 7.90. The van der Waals surface area contributed by atoms with Crippen LogP contribution in [0.1, 0.15) is 19.4 Å². The van der Waals surface area contributed by atoms with E-state index in [0.29, 0.717) is 6.54 Å². The minimum absolute atomic E-state index is 0.124. The van der Waals surface area contributed by atoms with Gasteiger partial charge in [0.15, 0.2) is 0 Å². The van der Waals surface area contributed by atoms with E-state index in [1.54, 1.807) is 7.11 Å². The predicted octanol–water partition coefficient (Wildman–Crippen LogP) is 2.22. The molecule has 2 unspecified atom stereocenters. The Labute approximate surface area is 115 Å². The first-order valence-electron chi connectivity index (χ1n) is 6.21. The zero-order chi connectivity index (χ0) is 13.6. The van der Waals surface area contributed by atoms with Crippen molar-refractivity contribution in [2.24, 2.45) is 5.73 Å². The highest BCUT2D eigenvalue weighted by Gasteiger charge is 2.22. The Morgan fingerprint density at radius 1 is 1.39 bits per heavy atom. The molecule has 2 atom stereocenters. The van der Waals surface area contributed by atoms with Crippen LogP contribution in [0.5, 0.6) is 0 Å². The van der Waals surface area contributed by atoms with Gasteiger partial charge < -0.3 is 15.8 Å². The van der Waals surface area contributed by atoms with Gasteiger partial charge in [0.1, 0.15) is 0 Å². The van der Waals surface area contributed by atoms with Crippen molar-refractivity contribution >= 4 is 11.6 Å². The van der Waals surface area contributed by atoms with Crippen LogP contribution in [0.4, 0.5) is 0 Å². The number of rotatable bonds is 7. The van der Waals surface area contributed by atoms with Crippen molar-refractivity contribution in [2.75, 3.05) is 20.2 Å². The lowest BCUT2D eigenvalue weighted by Gasteiger charge is -2.31. The molecule has 0 saturated heterocycles. The van der Waals surface area contributed by atoms with Crippen LogP contribution in [0.25, 0.3) is 0 Å². The Hall–Kier alpha value is -0.610. The van der Waals surface area contributed by atoms with Crippen LogP contribution in [-0.2, 0) is 11.2 Å². The molecule has 1 rings (SSSR count). The predicted molar refractivity (Wildman–Crippen MR) is 77.1 cm³/mol. The average Bonchev–Trinajstić information content (AvgIpc) is 2.39. The lowest BCUT2D eigenvalue weighted by Crippen LogP contribution is -2.52. The minimum Gasteiger partial charge on any atom is -0.380 e. The van der Waals surface area contributed by atoms with Crippen LogP contribution in [0.3, 0.4) is 0 Å². The Morgan fingerprint density at radius 3 is 2.50 bits per heavy atom. The van der Waals surface area contributed by atoms with Crippen molar-refractivity contribution in [3.05, 3.63) is 34.9 Å². The van der Waals surface area contributed by atoms with Crippen LogP contribution < -0.4 is 11.1 Å². The number of ether oxygens (including phenoxy) is 1. The SMILES string of the molecule is COC(C)CNC(C)(CN)Cc1ccc(Cl)cc1. The second-order valence-electron chi connectivity index (χ2n) is 5.00. The molecule has 1 aromatic carbocycles. The van der Waals surface area contributed by atoms with E-state index in [2.05, 4.69) is 12.2 Å². The van der Waals surface area contributed by atoms with Gasteiger partial charge in [-0.25, -0.2) is 0 Å². The van der Waals surface area contributed by atoms with Gasteiger partial charge in [0.05, 0.1) is 6.10 Å². The summed E-state index contributed by atoms with van der Waals surface area (Å²) >= 11 is 5.88. The Morgan fingerprint density at radius 2 is 2.00 bits per heavy atom. The minimum atomic E-state index is -0.124. The van der Waals surface area contributed by atoms with E-state index in [-0.39, 0.29) is 11.6 Å². The summed E-state index contributed by atoms with van der Waals surface area (Å²) in [5.41, 5.74) is 6.99. The third-order valence-corrected chi connectivity index (χ3v) is 3.43. The quantitative estimate of drug-likeness (QED) is 0.799. The number of nitrogens with two attached hydrogens (primary N) is 1. The van der Waals surface area contributed by atoms with Crippen LogP contribution in [0.15, 0.2) is 24.3 Å². The second kappa shape index (κ2) is 7.10. The summed E-state index contributed by atoms with van der Waals surface area (Å²) in [6.45, 7) is 5.53. The van der Waals surface area contributed by atoms with Crippen LogP contribution in [0, 0.1) is 0 Å². The maximum atomic E-state index is 5.88. The van der Waals surface area contributed by atoms with Gasteiger partial charge >= 0.3 is 0 Å². The van der Waals surface area contributed by atoms with E-state index in [4.69, 9.17) is 22.1 Å². The van der Waals surface area contributed by atoms with Crippen molar-refractivity contribution in [3.63, 3.8) is 0 Å². The number of hydrogen-bond donors (Lipinski definition) is 2. The van der Waals surface area contributed by atoms with Gasteiger partial charge in [-0.15, -0.1) is 0 Å². The highest BCUT2D eigenvalue weighted by Crippen LogP contribution is 2.15. The summed E-state index contributed by atoms with van der Waals surface area (Å²) in [7, 11) is 1.71. The first kappa shape index (κ1) is 15.4. The molecular formula is C14H23ClN2O. The zero-order valence-corrected chi connectivity index (χ0v) is 12.1. The number of hydrogen-bond acceptors (Lipinski definition) is 3. The zero-order valence-electron chi connectivity index (χ0n) is 11.4. The third kappa shape index (κ3) is 4.94. The van der Waals surface area contributed by atoms with Crippen LogP contribution in [-0.4, -0.2) is 31.8 Å².